The average Bonchev–Trinajstić information content (AvgIpc) is 1.88. The number of rotatable bonds is 1. The van der Waals surface area contributed by atoms with E-state index in [1.54, 1.807) is 0 Å². The van der Waals surface area contributed by atoms with Crippen LogP contribution in [0.25, 0.3) is 0 Å². The van der Waals surface area contributed by atoms with Crippen molar-refractivity contribution >= 4 is 0 Å². The van der Waals surface area contributed by atoms with Crippen molar-refractivity contribution in [3.8, 4) is 0 Å². The third-order valence-electron chi connectivity index (χ3n) is 2.46. The Morgan fingerprint density at radius 1 is 1.30 bits per heavy atom. The fraction of sp³-hybridized carbons (Fsp3) is 1.00. The van der Waals surface area contributed by atoms with Gasteiger partial charge in [0.2, 0.25) is 0 Å². The summed E-state index contributed by atoms with van der Waals surface area (Å²) < 4.78 is 0. The van der Waals surface area contributed by atoms with Crippen molar-refractivity contribution in [2.75, 3.05) is 0 Å². The molecule has 0 amide bonds. The first-order valence-corrected chi connectivity index (χ1v) is 4.46. The highest BCUT2D eigenvalue weighted by atomic mass is 15.0. The second-order valence-corrected chi connectivity index (χ2v) is 3.85. The number of nitrogens with one attached hydrogen (secondary N) is 1. The molecular formula is C9H19N. The Morgan fingerprint density at radius 3 is 2.40 bits per heavy atom. The van der Waals surface area contributed by atoms with E-state index in [1.165, 1.54) is 19.3 Å². The van der Waals surface area contributed by atoms with Crippen molar-refractivity contribution in [2.24, 2.45) is 5.92 Å². The molecule has 0 spiro atoms. The minimum absolute atomic E-state index is 0.751. The van der Waals surface area contributed by atoms with Gasteiger partial charge in [0.25, 0.3) is 0 Å². The van der Waals surface area contributed by atoms with E-state index in [2.05, 4.69) is 26.1 Å². The molecule has 1 aliphatic heterocycles. The van der Waals surface area contributed by atoms with Gasteiger partial charge in [0, 0.05) is 12.1 Å². The minimum Gasteiger partial charge on any atom is -0.311 e. The topological polar surface area (TPSA) is 12.0 Å². The van der Waals surface area contributed by atoms with Gasteiger partial charge in [0.05, 0.1) is 0 Å². The second-order valence-electron chi connectivity index (χ2n) is 3.85. The summed E-state index contributed by atoms with van der Waals surface area (Å²) in [4.78, 5) is 0. The summed E-state index contributed by atoms with van der Waals surface area (Å²) >= 11 is 0. The highest BCUT2D eigenvalue weighted by molar-refractivity contribution is 4.79. The zero-order chi connectivity index (χ0) is 7.56. The van der Waals surface area contributed by atoms with E-state index in [4.69, 9.17) is 0 Å². The normalized spacial score (nSPS) is 34.8. The van der Waals surface area contributed by atoms with Crippen molar-refractivity contribution in [1.29, 1.82) is 0 Å². The molecule has 0 saturated carbocycles. The fourth-order valence-corrected chi connectivity index (χ4v) is 1.70. The first-order chi connectivity index (χ1) is 4.70. The zero-order valence-corrected chi connectivity index (χ0v) is 7.35. The standard InChI is InChI=1S/C9H19N/c1-7(2)9-6-4-5-8(3)10-9/h7-10H,4-6H2,1-3H3. The van der Waals surface area contributed by atoms with Crippen LogP contribution < -0.4 is 5.32 Å². The maximum absolute atomic E-state index is 3.62. The average molecular weight is 141 g/mol. The molecule has 1 nitrogen and oxygen atoms in total. The van der Waals surface area contributed by atoms with Crippen molar-refractivity contribution in [1.82, 2.24) is 5.32 Å². The van der Waals surface area contributed by atoms with Crippen LogP contribution in [0.1, 0.15) is 40.0 Å². The summed E-state index contributed by atoms with van der Waals surface area (Å²) in [6.07, 6.45) is 4.16. The lowest BCUT2D eigenvalue weighted by molar-refractivity contribution is 0.279. The number of piperidine rings is 1. The molecular weight excluding hydrogens is 122 g/mol. The third kappa shape index (κ3) is 1.98. The first kappa shape index (κ1) is 8.06. The maximum Gasteiger partial charge on any atom is 0.00925 e. The molecule has 0 aromatic heterocycles. The predicted octanol–water partition coefficient (Wildman–Crippen LogP) is 2.17. The maximum atomic E-state index is 3.62. The predicted molar refractivity (Wildman–Crippen MR) is 45.1 cm³/mol. The molecule has 1 heterocycles. The molecule has 0 aromatic rings. The molecule has 0 radical (unpaired) electrons. The summed E-state index contributed by atoms with van der Waals surface area (Å²) in [6.45, 7) is 6.89. The van der Waals surface area contributed by atoms with Gasteiger partial charge in [-0.25, -0.2) is 0 Å². The molecule has 0 bridgehead atoms. The van der Waals surface area contributed by atoms with Crippen LogP contribution in [0.4, 0.5) is 0 Å². The molecule has 2 unspecified atom stereocenters. The van der Waals surface area contributed by atoms with Crippen LogP contribution in [0.3, 0.4) is 0 Å². The van der Waals surface area contributed by atoms with E-state index < -0.39 is 0 Å². The monoisotopic (exact) mass is 141 g/mol. The van der Waals surface area contributed by atoms with E-state index in [-0.39, 0.29) is 0 Å². The highest BCUT2D eigenvalue weighted by Crippen LogP contribution is 2.17. The van der Waals surface area contributed by atoms with Gasteiger partial charge in [0.1, 0.15) is 0 Å². The Morgan fingerprint density at radius 2 is 2.00 bits per heavy atom. The largest absolute Gasteiger partial charge is 0.311 e. The van der Waals surface area contributed by atoms with Crippen LogP contribution in [0.15, 0.2) is 0 Å². The first-order valence-electron chi connectivity index (χ1n) is 4.46. The molecule has 0 aromatic carbocycles. The van der Waals surface area contributed by atoms with Gasteiger partial charge in [-0.15, -0.1) is 0 Å². The molecule has 1 aliphatic rings. The lowest BCUT2D eigenvalue weighted by Gasteiger charge is -2.31. The van der Waals surface area contributed by atoms with Gasteiger partial charge in [-0.3, -0.25) is 0 Å². The van der Waals surface area contributed by atoms with Crippen LogP contribution in [0.5, 0.6) is 0 Å². The Balaban J connectivity index is 2.32. The van der Waals surface area contributed by atoms with Gasteiger partial charge >= 0.3 is 0 Å². The Kier molecular flexibility index (Phi) is 2.72. The van der Waals surface area contributed by atoms with Crippen LogP contribution >= 0.6 is 0 Å². The molecule has 1 fully saturated rings. The lowest BCUT2D eigenvalue weighted by Crippen LogP contribution is -2.43. The Hall–Kier alpha value is -0.0400. The van der Waals surface area contributed by atoms with Crippen LogP contribution in [-0.2, 0) is 0 Å². The molecule has 10 heavy (non-hydrogen) atoms. The number of hydrogen-bond donors (Lipinski definition) is 1. The minimum atomic E-state index is 0.751. The van der Waals surface area contributed by atoms with E-state index in [9.17, 15) is 0 Å². The zero-order valence-electron chi connectivity index (χ0n) is 7.35. The summed E-state index contributed by atoms with van der Waals surface area (Å²) in [6, 6.07) is 1.53. The van der Waals surface area contributed by atoms with Crippen LogP contribution in [-0.4, -0.2) is 12.1 Å². The summed E-state index contributed by atoms with van der Waals surface area (Å²) in [5, 5.41) is 3.62. The molecule has 1 saturated heterocycles. The van der Waals surface area contributed by atoms with Gasteiger partial charge in [-0.1, -0.05) is 20.3 Å². The van der Waals surface area contributed by atoms with E-state index in [0.29, 0.717) is 0 Å². The van der Waals surface area contributed by atoms with Crippen molar-refractivity contribution in [3.63, 3.8) is 0 Å². The molecule has 1 N–H and O–H groups in total. The molecule has 2 atom stereocenters. The van der Waals surface area contributed by atoms with Gasteiger partial charge in [-0.2, -0.15) is 0 Å². The van der Waals surface area contributed by atoms with Crippen LogP contribution in [0.2, 0.25) is 0 Å². The number of hydrogen-bond acceptors (Lipinski definition) is 1. The van der Waals surface area contributed by atoms with Gasteiger partial charge < -0.3 is 5.32 Å². The van der Waals surface area contributed by atoms with Gasteiger partial charge in [-0.05, 0) is 25.7 Å². The highest BCUT2D eigenvalue weighted by Gasteiger charge is 2.19. The molecule has 0 aliphatic carbocycles. The summed E-state index contributed by atoms with van der Waals surface area (Å²) in [5.74, 6) is 0.808. The lowest BCUT2D eigenvalue weighted by atomic mass is 9.92. The van der Waals surface area contributed by atoms with Crippen molar-refractivity contribution in [3.05, 3.63) is 0 Å². The van der Waals surface area contributed by atoms with Gasteiger partial charge in [0.15, 0.2) is 0 Å². The fourth-order valence-electron chi connectivity index (χ4n) is 1.70. The Bertz CT molecular complexity index is 98.9. The van der Waals surface area contributed by atoms with Crippen molar-refractivity contribution < 1.29 is 0 Å². The van der Waals surface area contributed by atoms with E-state index in [0.717, 1.165) is 18.0 Å². The molecule has 60 valence electrons. The third-order valence-corrected chi connectivity index (χ3v) is 2.46. The summed E-state index contributed by atoms with van der Waals surface area (Å²) in [7, 11) is 0. The Labute approximate surface area is 64.2 Å². The van der Waals surface area contributed by atoms with Crippen LogP contribution in [0, 0.1) is 5.92 Å². The SMILES string of the molecule is CC1CCCC(C(C)C)N1. The quantitative estimate of drug-likeness (QED) is 0.590. The smallest absolute Gasteiger partial charge is 0.00925 e. The summed E-state index contributed by atoms with van der Waals surface area (Å²) in [5.41, 5.74) is 0. The molecule has 1 heteroatoms. The van der Waals surface area contributed by atoms with E-state index in [1.807, 2.05) is 0 Å². The van der Waals surface area contributed by atoms with E-state index >= 15 is 0 Å². The van der Waals surface area contributed by atoms with Crippen molar-refractivity contribution in [2.45, 2.75) is 52.1 Å². The second kappa shape index (κ2) is 3.38. The molecule has 1 rings (SSSR count).